The molecule has 1 aliphatic heterocycles. The molecule has 0 unspecified atom stereocenters. The summed E-state index contributed by atoms with van der Waals surface area (Å²) in [5, 5.41) is 2.93. The Kier molecular flexibility index (Phi) is 7.73. The summed E-state index contributed by atoms with van der Waals surface area (Å²) in [4.78, 5) is 15.2. The van der Waals surface area contributed by atoms with Gasteiger partial charge in [-0.05, 0) is 94.6 Å². The maximum absolute atomic E-state index is 13.4. The van der Waals surface area contributed by atoms with Gasteiger partial charge in [0.25, 0.3) is 10.0 Å². The van der Waals surface area contributed by atoms with Crippen molar-refractivity contribution in [1.82, 2.24) is 10.2 Å². The van der Waals surface area contributed by atoms with Crippen molar-refractivity contribution in [3.63, 3.8) is 0 Å². The maximum atomic E-state index is 13.4. The van der Waals surface area contributed by atoms with E-state index in [0.29, 0.717) is 18.2 Å². The van der Waals surface area contributed by atoms with Gasteiger partial charge in [-0.3, -0.25) is 9.10 Å². The van der Waals surface area contributed by atoms with Crippen molar-refractivity contribution in [2.75, 3.05) is 37.5 Å². The van der Waals surface area contributed by atoms with E-state index < -0.39 is 10.0 Å². The summed E-state index contributed by atoms with van der Waals surface area (Å²) >= 11 is 0. The van der Waals surface area contributed by atoms with Gasteiger partial charge in [0, 0.05) is 6.54 Å². The van der Waals surface area contributed by atoms with Gasteiger partial charge in [-0.2, -0.15) is 0 Å². The fourth-order valence-electron chi connectivity index (χ4n) is 3.87. The molecule has 0 spiro atoms. The second-order valence-corrected chi connectivity index (χ2v) is 10.3. The minimum Gasteiger partial charge on any atom is -0.355 e. The molecule has 2 aromatic carbocycles. The first-order valence-electron chi connectivity index (χ1n) is 10.9. The number of sulfonamides is 1. The standard InChI is InChI=1S/C24H33N3O3S/c1-19-9-10-22(17-20(19)2)27(31(29,30)23-7-5-4-6-8-23)18-24(28)25-14-11-21-12-15-26(3)16-13-21/h4-10,17,21H,11-16,18H2,1-3H3,(H,25,28). The van der Waals surface area contributed by atoms with E-state index in [1.807, 2.05) is 26.0 Å². The van der Waals surface area contributed by atoms with Crippen LogP contribution in [0.2, 0.25) is 0 Å². The molecule has 168 valence electrons. The fraction of sp³-hybridized carbons (Fsp3) is 0.458. The largest absolute Gasteiger partial charge is 0.355 e. The van der Waals surface area contributed by atoms with Gasteiger partial charge in [-0.25, -0.2) is 8.42 Å². The molecular formula is C24H33N3O3S. The van der Waals surface area contributed by atoms with Gasteiger partial charge in [0.15, 0.2) is 0 Å². The molecule has 1 aliphatic rings. The highest BCUT2D eigenvalue weighted by Crippen LogP contribution is 2.25. The molecule has 0 saturated carbocycles. The van der Waals surface area contributed by atoms with Crippen LogP contribution in [-0.2, 0) is 14.8 Å². The molecule has 1 amide bonds. The topological polar surface area (TPSA) is 69.7 Å². The SMILES string of the molecule is Cc1ccc(N(CC(=O)NCCC2CCN(C)CC2)S(=O)(=O)c2ccccc2)cc1C. The zero-order chi connectivity index (χ0) is 22.4. The second kappa shape index (κ2) is 10.3. The third-order valence-corrected chi connectivity index (χ3v) is 7.90. The number of piperidine rings is 1. The Morgan fingerprint density at radius 3 is 2.39 bits per heavy atom. The number of carbonyl (C=O) groups excluding carboxylic acids is 1. The number of likely N-dealkylation sites (tertiary alicyclic amines) is 1. The van der Waals surface area contributed by atoms with Gasteiger partial charge < -0.3 is 10.2 Å². The molecule has 0 aromatic heterocycles. The zero-order valence-electron chi connectivity index (χ0n) is 18.7. The number of benzene rings is 2. The van der Waals surface area contributed by atoms with Crippen molar-refractivity contribution in [3.8, 4) is 0 Å². The Labute approximate surface area is 186 Å². The lowest BCUT2D eigenvalue weighted by atomic mass is 9.94. The van der Waals surface area contributed by atoms with Crippen molar-refractivity contribution in [2.45, 2.75) is 38.0 Å². The summed E-state index contributed by atoms with van der Waals surface area (Å²) in [5.41, 5.74) is 2.55. The second-order valence-electron chi connectivity index (χ2n) is 8.48. The number of rotatable bonds is 8. The molecule has 0 aliphatic carbocycles. The molecule has 6 nitrogen and oxygen atoms in total. The van der Waals surface area contributed by atoms with Crippen LogP contribution in [0.15, 0.2) is 53.4 Å². The smallest absolute Gasteiger partial charge is 0.264 e. The van der Waals surface area contributed by atoms with Crippen molar-refractivity contribution >= 4 is 21.6 Å². The molecule has 2 aromatic rings. The van der Waals surface area contributed by atoms with E-state index in [-0.39, 0.29) is 17.3 Å². The number of hydrogen-bond acceptors (Lipinski definition) is 4. The summed E-state index contributed by atoms with van der Waals surface area (Å²) in [7, 11) is -1.73. The Bertz CT molecular complexity index is 984. The summed E-state index contributed by atoms with van der Waals surface area (Å²) in [6, 6.07) is 13.7. The van der Waals surface area contributed by atoms with E-state index in [4.69, 9.17) is 0 Å². The van der Waals surface area contributed by atoms with Gasteiger partial charge in [-0.1, -0.05) is 24.3 Å². The molecule has 0 radical (unpaired) electrons. The number of carbonyl (C=O) groups is 1. The average molecular weight is 444 g/mol. The number of aryl methyl sites for hydroxylation is 2. The van der Waals surface area contributed by atoms with Crippen LogP contribution < -0.4 is 9.62 Å². The first kappa shape index (κ1) is 23.3. The minimum absolute atomic E-state index is 0.173. The van der Waals surface area contributed by atoms with Gasteiger partial charge in [0.2, 0.25) is 5.91 Å². The van der Waals surface area contributed by atoms with Crippen LogP contribution >= 0.6 is 0 Å². The van der Waals surface area contributed by atoms with Crippen LogP contribution in [0.3, 0.4) is 0 Å². The van der Waals surface area contributed by atoms with Crippen LogP contribution in [-0.4, -0.2) is 52.5 Å². The van der Waals surface area contributed by atoms with Gasteiger partial charge in [-0.15, -0.1) is 0 Å². The van der Waals surface area contributed by atoms with Gasteiger partial charge in [0.05, 0.1) is 10.6 Å². The average Bonchev–Trinajstić information content (AvgIpc) is 2.76. The normalized spacial score (nSPS) is 15.6. The van der Waals surface area contributed by atoms with Crippen LogP contribution in [0.1, 0.15) is 30.4 Å². The molecule has 1 saturated heterocycles. The van der Waals surface area contributed by atoms with Gasteiger partial charge in [0.1, 0.15) is 6.54 Å². The number of nitrogens with one attached hydrogen (secondary N) is 1. The Morgan fingerprint density at radius 2 is 1.74 bits per heavy atom. The lowest BCUT2D eigenvalue weighted by molar-refractivity contribution is -0.119. The molecule has 1 N–H and O–H groups in total. The fourth-order valence-corrected chi connectivity index (χ4v) is 5.30. The summed E-state index contributed by atoms with van der Waals surface area (Å²) < 4.78 is 27.9. The lowest BCUT2D eigenvalue weighted by Crippen LogP contribution is -2.41. The number of nitrogens with zero attached hydrogens (tertiary/aromatic N) is 2. The summed E-state index contributed by atoms with van der Waals surface area (Å²) in [6.45, 7) is 6.42. The van der Waals surface area contributed by atoms with Crippen molar-refractivity contribution in [1.29, 1.82) is 0 Å². The molecule has 1 heterocycles. The van der Waals surface area contributed by atoms with Crippen LogP contribution in [0.4, 0.5) is 5.69 Å². The van der Waals surface area contributed by atoms with Crippen molar-refractivity contribution in [2.24, 2.45) is 5.92 Å². The van der Waals surface area contributed by atoms with Crippen LogP contribution in [0.25, 0.3) is 0 Å². The summed E-state index contributed by atoms with van der Waals surface area (Å²) in [5.74, 6) is 0.325. The number of amides is 1. The Hall–Kier alpha value is -2.38. The highest BCUT2D eigenvalue weighted by atomic mass is 32.2. The first-order chi connectivity index (χ1) is 14.8. The minimum atomic E-state index is -3.86. The number of anilines is 1. The van der Waals surface area contributed by atoms with E-state index in [2.05, 4.69) is 17.3 Å². The Morgan fingerprint density at radius 1 is 1.06 bits per heavy atom. The lowest BCUT2D eigenvalue weighted by Gasteiger charge is -2.29. The van der Waals surface area contributed by atoms with E-state index >= 15 is 0 Å². The molecule has 7 heteroatoms. The number of hydrogen-bond donors (Lipinski definition) is 1. The van der Waals surface area contributed by atoms with E-state index in [1.165, 1.54) is 4.31 Å². The predicted molar refractivity (Wildman–Crippen MR) is 125 cm³/mol. The zero-order valence-corrected chi connectivity index (χ0v) is 19.5. The summed E-state index contributed by atoms with van der Waals surface area (Å²) in [6.07, 6.45) is 3.21. The van der Waals surface area contributed by atoms with Gasteiger partial charge >= 0.3 is 0 Å². The third kappa shape index (κ3) is 6.08. The highest BCUT2D eigenvalue weighted by molar-refractivity contribution is 7.92. The molecule has 1 fully saturated rings. The van der Waals surface area contributed by atoms with E-state index in [0.717, 1.165) is 43.5 Å². The van der Waals surface area contributed by atoms with Crippen molar-refractivity contribution in [3.05, 3.63) is 59.7 Å². The molecule has 31 heavy (non-hydrogen) atoms. The van der Waals surface area contributed by atoms with Crippen LogP contribution in [0.5, 0.6) is 0 Å². The quantitative estimate of drug-likeness (QED) is 0.679. The van der Waals surface area contributed by atoms with Crippen molar-refractivity contribution < 1.29 is 13.2 Å². The molecular weight excluding hydrogens is 410 g/mol. The Balaban J connectivity index is 1.72. The highest BCUT2D eigenvalue weighted by Gasteiger charge is 2.27. The molecule has 3 rings (SSSR count). The van der Waals surface area contributed by atoms with E-state index in [9.17, 15) is 13.2 Å². The van der Waals surface area contributed by atoms with Crippen LogP contribution in [0, 0.1) is 19.8 Å². The predicted octanol–water partition coefficient (Wildman–Crippen LogP) is 3.35. The maximum Gasteiger partial charge on any atom is 0.264 e. The first-order valence-corrected chi connectivity index (χ1v) is 12.3. The monoisotopic (exact) mass is 443 g/mol. The molecule has 0 atom stereocenters. The molecule has 0 bridgehead atoms. The third-order valence-electron chi connectivity index (χ3n) is 6.11. The van der Waals surface area contributed by atoms with E-state index in [1.54, 1.807) is 36.4 Å².